The lowest BCUT2D eigenvalue weighted by molar-refractivity contribution is 0.590. The van der Waals surface area contributed by atoms with Crippen LogP contribution >= 0.6 is 0 Å². The van der Waals surface area contributed by atoms with Crippen molar-refractivity contribution in [1.29, 1.82) is 0 Å². The average molecular weight is 338 g/mol. The SMILES string of the molecule is Cc1cc(N2CCCC2)c(F)cc1C=Nc1ccc(C(C)(C)C)cc1. The number of aryl methyl sites for hydroxylation is 1. The van der Waals surface area contributed by atoms with Crippen molar-refractivity contribution in [2.45, 2.75) is 46.0 Å². The molecule has 0 radical (unpaired) electrons. The van der Waals surface area contributed by atoms with E-state index in [2.05, 4.69) is 42.8 Å². The van der Waals surface area contributed by atoms with Crippen LogP contribution in [0.25, 0.3) is 0 Å². The first-order valence-corrected chi connectivity index (χ1v) is 9.04. The average Bonchev–Trinajstić information content (AvgIpc) is 3.09. The molecule has 3 heteroatoms. The number of aliphatic imine (C=N–C) groups is 1. The molecular formula is C22H27FN2. The van der Waals surface area contributed by atoms with Crippen LogP contribution in [0, 0.1) is 12.7 Å². The van der Waals surface area contributed by atoms with Gasteiger partial charge in [0.15, 0.2) is 0 Å². The Balaban J connectivity index is 1.80. The zero-order chi connectivity index (χ0) is 18.0. The first kappa shape index (κ1) is 17.7. The molecule has 2 nitrogen and oxygen atoms in total. The molecule has 0 unspecified atom stereocenters. The smallest absolute Gasteiger partial charge is 0.147 e. The normalized spacial score (nSPS) is 15.3. The van der Waals surface area contributed by atoms with Crippen LogP contribution in [0.3, 0.4) is 0 Å². The third-order valence-electron chi connectivity index (χ3n) is 4.87. The van der Waals surface area contributed by atoms with Crippen LogP contribution in [0.15, 0.2) is 41.4 Å². The molecule has 2 aromatic carbocycles. The Kier molecular flexibility index (Phi) is 4.94. The molecule has 1 saturated heterocycles. The van der Waals surface area contributed by atoms with Gasteiger partial charge in [-0.15, -0.1) is 0 Å². The lowest BCUT2D eigenvalue weighted by Gasteiger charge is -2.19. The van der Waals surface area contributed by atoms with Crippen molar-refractivity contribution < 1.29 is 4.39 Å². The molecule has 0 atom stereocenters. The van der Waals surface area contributed by atoms with Crippen molar-refractivity contribution in [3.05, 3.63) is 58.9 Å². The van der Waals surface area contributed by atoms with E-state index in [-0.39, 0.29) is 11.2 Å². The molecule has 0 amide bonds. The van der Waals surface area contributed by atoms with Gasteiger partial charge in [-0.2, -0.15) is 0 Å². The van der Waals surface area contributed by atoms with Crippen LogP contribution in [0.4, 0.5) is 15.8 Å². The van der Waals surface area contributed by atoms with E-state index in [0.29, 0.717) is 0 Å². The van der Waals surface area contributed by atoms with Crippen LogP contribution in [0.1, 0.15) is 50.3 Å². The molecule has 0 bridgehead atoms. The lowest BCUT2D eigenvalue weighted by Crippen LogP contribution is -2.19. The van der Waals surface area contributed by atoms with Crippen molar-refractivity contribution in [2.75, 3.05) is 18.0 Å². The lowest BCUT2D eigenvalue weighted by atomic mass is 9.87. The van der Waals surface area contributed by atoms with E-state index < -0.39 is 0 Å². The minimum atomic E-state index is -0.156. The zero-order valence-electron chi connectivity index (χ0n) is 15.6. The minimum absolute atomic E-state index is 0.132. The van der Waals surface area contributed by atoms with Crippen molar-refractivity contribution >= 4 is 17.6 Å². The molecule has 0 N–H and O–H groups in total. The van der Waals surface area contributed by atoms with Gasteiger partial charge in [-0.1, -0.05) is 32.9 Å². The number of rotatable bonds is 3. The monoisotopic (exact) mass is 338 g/mol. The molecule has 1 heterocycles. The first-order valence-electron chi connectivity index (χ1n) is 9.04. The number of halogens is 1. The fourth-order valence-electron chi connectivity index (χ4n) is 3.21. The van der Waals surface area contributed by atoms with E-state index >= 15 is 0 Å². The minimum Gasteiger partial charge on any atom is -0.369 e. The quantitative estimate of drug-likeness (QED) is 0.647. The summed E-state index contributed by atoms with van der Waals surface area (Å²) >= 11 is 0. The Morgan fingerprint density at radius 1 is 1.04 bits per heavy atom. The molecule has 132 valence electrons. The van der Waals surface area contributed by atoms with Gasteiger partial charge in [0.2, 0.25) is 0 Å². The summed E-state index contributed by atoms with van der Waals surface area (Å²) in [6.07, 6.45) is 4.05. The van der Waals surface area contributed by atoms with Crippen molar-refractivity contribution in [3.8, 4) is 0 Å². The summed E-state index contributed by atoms with van der Waals surface area (Å²) in [4.78, 5) is 6.66. The summed E-state index contributed by atoms with van der Waals surface area (Å²) in [6, 6.07) is 11.8. The van der Waals surface area contributed by atoms with Crippen molar-refractivity contribution in [3.63, 3.8) is 0 Å². The Bertz CT molecular complexity index is 764. The number of anilines is 1. The van der Waals surface area contributed by atoms with Crippen LogP contribution in [-0.4, -0.2) is 19.3 Å². The Labute approximate surface area is 150 Å². The van der Waals surface area contributed by atoms with E-state index in [1.54, 1.807) is 12.3 Å². The van der Waals surface area contributed by atoms with E-state index in [1.165, 1.54) is 5.56 Å². The number of hydrogen-bond donors (Lipinski definition) is 0. The van der Waals surface area contributed by atoms with E-state index in [1.807, 2.05) is 25.1 Å². The van der Waals surface area contributed by atoms with E-state index in [0.717, 1.165) is 48.4 Å². The summed E-state index contributed by atoms with van der Waals surface area (Å²) in [7, 11) is 0. The van der Waals surface area contributed by atoms with Crippen LogP contribution in [-0.2, 0) is 5.41 Å². The summed E-state index contributed by atoms with van der Waals surface area (Å²) in [5, 5.41) is 0. The zero-order valence-corrected chi connectivity index (χ0v) is 15.6. The molecule has 0 aromatic heterocycles. The molecule has 3 rings (SSSR count). The highest BCUT2D eigenvalue weighted by Gasteiger charge is 2.17. The molecule has 0 spiro atoms. The highest BCUT2D eigenvalue weighted by Crippen LogP contribution is 2.27. The van der Waals surface area contributed by atoms with Gasteiger partial charge in [-0.25, -0.2) is 4.39 Å². The maximum Gasteiger partial charge on any atom is 0.147 e. The summed E-state index contributed by atoms with van der Waals surface area (Å²) in [5.74, 6) is -0.156. The predicted molar refractivity (Wildman–Crippen MR) is 105 cm³/mol. The Hall–Kier alpha value is -2.16. The number of benzene rings is 2. The predicted octanol–water partition coefficient (Wildman–Crippen LogP) is 5.78. The van der Waals surface area contributed by atoms with Gasteiger partial charge in [0.1, 0.15) is 5.82 Å². The molecular weight excluding hydrogens is 311 g/mol. The van der Waals surface area contributed by atoms with Crippen LogP contribution in [0.2, 0.25) is 0 Å². The molecule has 1 aliphatic heterocycles. The molecule has 0 aliphatic carbocycles. The van der Waals surface area contributed by atoms with Gasteiger partial charge in [-0.05, 0) is 66.1 Å². The van der Waals surface area contributed by atoms with Crippen molar-refractivity contribution in [1.82, 2.24) is 0 Å². The van der Waals surface area contributed by atoms with Gasteiger partial charge in [0.05, 0.1) is 11.4 Å². The van der Waals surface area contributed by atoms with Crippen LogP contribution in [0.5, 0.6) is 0 Å². The fourth-order valence-corrected chi connectivity index (χ4v) is 3.21. The fraction of sp³-hybridized carbons (Fsp3) is 0.409. The van der Waals surface area contributed by atoms with E-state index in [9.17, 15) is 4.39 Å². The second kappa shape index (κ2) is 6.99. The third kappa shape index (κ3) is 4.09. The Morgan fingerprint density at radius 2 is 1.68 bits per heavy atom. The van der Waals surface area contributed by atoms with Gasteiger partial charge in [-0.3, -0.25) is 4.99 Å². The summed E-state index contributed by atoms with van der Waals surface area (Å²) in [6.45, 7) is 10.5. The van der Waals surface area contributed by atoms with Gasteiger partial charge in [0.25, 0.3) is 0 Å². The molecule has 2 aromatic rings. The maximum absolute atomic E-state index is 14.5. The highest BCUT2D eigenvalue weighted by molar-refractivity contribution is 5.84. The Morgan fingerprint density at radius 3 is 2.28 bits per heavy atom. The molecule has 1 aliphatic rings. The number of nitrogens with zero attached hydrogens (tertiary/aromatic N) is 2. The summed E-state index contributed by atoms with van der Waals surface area (Å²) in [5.41, 5.74) is 4.91. The maximum atomic E-state index is 14.5. The van der Waals surface area contributed by atoms with Gasteiger partial charge in [0, 0.05) is 19.3 Å². The van der Waals surface area contributed by atoms with Gasteiger partial charge < -0.3 is 4.90 Å². The standard InChI is InChI=1S/C22H27FN2/c1-16-13-21(25-11-5-6-12-25)20(23)14-17(16)15-24-19-9-7-18(8-10-19)22(2,3)4/h7-10,13-15H,5-6,11-12H2,1-4H3. The highest BCUT2D eigenvalue weighted by atomic mass is 19.1. The van der Waals surface area contributed by atoms with Crippen LogP contribution < -0.4 is 4.90 Å². The molecule has 0 saturated carbocycles. The van der Waals surface area contributed by atoms with E-state index in [4.69, 9.17) is 0 Å². The number of hydrogen-bond acceptors (Lipinski definition) is 2. The van der Waals surface area contributed by atoms with Gasteiger partial charge >= 0.3 is 0 Å². The third-order valence-corrected chi connectivity index (χ3v) is 4.87. The first-order chi connectivity index (χ1) is 11.8. The van der Waals surface area contributed by atoms with Crippen molar-refractivity contribution in [2.24, 2.45) is 4.99 Å². The summed E-state index contributed by atoms with van der Waals surface area (Å²) < 4.78 is 14.5. The second-order valence-electron chi connectivity index (χ2n) is 7.91. The molecule has 25 heavy (non-hydrogen) atoms. The second-order valence-corrected chi connectivity index (χ2v) is 7.91. The largest absolute Gasteiger partial charge is 0.369 e. The molecule has 1 fully saturated rings. The topological polar surface area (TPSA) is 15.6 Å².